The summed E-state index contributed by atoms with van der Waals surface area (Å²) >= 11 is 0. The first-order valence-corrected chi connectivity index (χ1v) is 4.01. The van der Waals surface area contributed by atoms with Gasteiger partial charge in [0.15, 0.2) is 0 Å². The minimum atomic E-state index is -2.64. The number of oxazole rings is 1. The Kier molecular flexibility index (Phi) is 1.66. The van der Waals surface area contributed by atoms with Crippen molar-refractivity contribution >= 4 is 0 Å². The molecule has 1 saturated carbocycles. The van der Waals surface area contributed by atoms with E-state index in [2.05, 4.69) is 4.98 Å². The lowest BCUT2D eigenvalue weighted by molar-refractivity contribution is 0.115. The van der Waals surface area contributed by atoms with Crippen LogP contribution in [0.15, 0.2) is 4.42 Å². The van der Waals surface area contributed by atoms with Gasteiger partial charge in [0.25, 0.3) is 6.43 Å². The zero-order valence-corrected chi connectivity index (χ0v) is 7.05. The summed E-state index contributed by atoms with van der Waals surface area (Å²) in [7, 11) is 0. The molecule has 0 bridgehead atoms. The molecular weight excluding hydrogens is 180 g/mol. The lowest BCUT2D eigenvalue weighted by Gasteiger charge is -1.98. The number of halogens is 2. The Morgan fingerprint density at radius 1 is 1.54 bits per heavy atom. The molecule has 0 saturated heterocycles. The minimum Gasteiger partial charge on any atom is -0.442 e. The van der Waals surface area contributed by atoms with Crippen LogP contribution in [0.3, 0.4) is 0 Å². The third-order valence-corrected chi connectivity index (χ3v) is 2.16. The Morgan fingerprint density at radius 2 is 2.15 bits per heavy atom. The molecule has 0 radical (unpaired) electrons. The first-order valence-electron chi connectivity index (χ1n) is 4.01. The molecule has 0 aliphatic heterocycles. The van der Waals surface area contributed by atoms with Gasteiger partial charge in [-0.1, -0.05) is 0 Å². The largest absolute Gasteiger partial charge is 0.442 e. The molecule has 2 rings (SSSR count). The summed E-state index contributed by atoms with van der Waals surface area (Å²) < 4.78 is 29.5. The van der Waals surface area contributed by atoms with E-state index in [9.17, 15) is 13.9 Å². The molecule has 1 fully saturated rings. The Hall–Kier alpha value is -0.970. The Bertz CT molecular complexity index is 331. The van der Waals surface area contributed by atoms with Gasteiger partial charge in [0.05, 0.1) is 0 Å². The average Bonchev–Trinajstić information content (AvgIpc) is 2.63. The quantitative estimate of drug-likeness (QED) is 0.772. The Balaban J connectivity index is 2.35. The van der Waals surface area contributed by atoms with Gasteiger partial charge in [0, 0.05) is 0 Å². The van der Waals surface area contributed by atoms with Crippen LogP contribution in [-0.2, 0) is 5.60 Å². The Morgan fingerprint density at radius 3 is 2.54 bits per heavy atom. The maximum absolute atomic E-state index is 12.2. The van der Waals surface area contributed by atoms with Gasteiger partial charge >= 0.3 is 0 Å². The van der Waals surface area contributed by atoms with Crippen LogP contribution in [0.5, 0.6) is 0 Å². The molecule has 13 heavy (non-hydrogen) atoms. The molecule has 0 atom stereocenters. The van der Waals surface area contributed by atoms with Gasteiger partial charge in [0.2, 0.25) is 5.89 Å². The molecule has 5 heteroatoms. The first-order chi connectivity index (χ1) is 6.03. The van der Waals surface area contributed by atoms with E-state index in [0.29, 0.717) is 12.8 Å². The van der Waals surface area contributed by atoms with Crippen LogP contribution in [-0.4, -0.2) is 10.1 Å². The van der Waals surface area contributed by atoms with Crippen LogP contribution in [0.2, 0.25) is 0 Å². The van der Waals surface area contributed by atoms with Gasteiger partial charge in [-0.3, -0.25) is 0 Å². The van der Waals surface area contributed by atoms with Crippen LogP contribution in [0.25, 0.3) is 0 Å². The second-order valence-electron chi connectivity index (χ2n) is 3.29. The highest BCUT2D eigenvalue weighted by Crippen LogP contribution is 2.45. The van der Waals surface area contributed by atoms with Crippen LogP contribution in [0, 0.1) is 6.92 Å². The lowest BCUT2D eigenvalue weighted by atomic mass is 10.3. The predicted molar refractivity (Wildman–Crippen MR) is 39.3 cm³/mol. The number of hydrogen-bond donors (Lipinski definition) is 1. The summed E-state index contributed by atoms with van der Waals surface area (Å²) in [5.41, 5.74) is -1.44. The van der Waals surface area contributed by atoms with E-state index >= 15 is 0 Å². The van der Waals surface area contributed by atoms with E-state index in [1.807, 2.05) is 0 Å². The van der Waals surface area contributed by atoms with Crippen molar-refractivity contribution in [3.8, 4) is 0 Å². The lowest BCUT2D eigenvalue weighted by Crippen LogP contribution is -2.04. The smallest absolute Gasteiger partial charge is 0.283 e. The highest BCUT2D eigenvalue weighted by atomic mass is 19.3. The predicted octanol–water partition coefficient (Wildman–Crippen LogP) is 1.90. The van der Waals surface area contributed by atoms with Crippen molar-refractivity contribution in [3.63, 3.8) is 0 Å². The molecule has 0 spiro atoms. The maximum atomic E-state index is 12.2. The number of aromatic nitrogens is 1. The number of nitrogens with zero attached hydrogens (tertiary/aromatic N) is 1. The molecule has 0 unspecified atom stereocenters. The normalized spacial score (nSPS) is 19.5. The molecule has 3 nitrogen and oxygen atoms in total. The third kappa shape index (κ3) is 1.33. The minimum absolute atomic E-state index is 0.0281. The SMILES string of the molecule is Cc1oc(C2(O)CC2)nc1C(F)F. The van der Waals surface area contributed by atoms with Gasteiger partial charge in [-0.05, 0) is 19.8 Å². The van der Waals surface area contributed by atoms with E-state index in [0.717, 1.165) is 0 Å². The average molecular weight is 189 g/mol. The molecule has 0 aromatic carbocycles. The van der Waals surface area contributed by atoms with E-state index in [4.69, 9.17) is 4.42 Å². The number of hydrogen-bond acceptors (Lipinski definition) is 3. The van der Waals surface area contributed by atoms with Crippen LogP contribution < -0.4 is 0 Å². The molecule has 72 valence electrons. The zero-order valence-electron chi connectivity index (χ0n) is 7.05. The van der Waals surface area contributed by atoms with Crippen molar-refractivity contribution in [3.05, 3.63) is 17.3 Å². The molecule has 1 aliphatic rings. The van der Waals surface area contributed by atoms with E-state index in [-0.39, 0.29) is 17.3 Å². The van der Waals surface area contributed by atoms with Crippen molar-refractivity contribution in [1.82, 2.24) is 4.98 Å². The first kappa shape index (κ1) is 8.62. The van der Waals surface area contributed by atoms with Gasteiger partial charge in [0.1, 0.15) is 17.1 Å². The molecule has 1 N–H and O–H groups in total. The third-order valence-electron chi connectivity index (χ3n) is 2.16. The highest BCUT2D eigenvalue weighted by molar-refractivity contribution is 5.16. The van der Waals surface area contributed by atoms with E-state index in [1.54, 1.807) is 0 Å². The van der Waals surface area contributed by atoms with Gasteiger partial charge < -0.3 is 9.52 Å². The molecule has 1 aliphatic carbocycles. The summed E-state index contributed by atoms with van der Waals surface area (Å²) in [6, 6.07) is 0. The maximum Gasteiger partial charge on any atom is 0.283 e. The fourth-order valence-corrected chi connectivity index (χ4v) is 1.14. The molecule has 1 heterocycles. The topological polar surface area (TPSA) is 46.3 Å². The summed E-state index contributed by atoms with van der Waals surface area (Å²) in [6.45, 7) is 1.42. The molecule has 0 amide bonds. The molecular formula is C8H9F2NO2. The van der Waals surface area contributed by atoms with Crippen LogP contribution in [0.1, 0.15) is 36.6 Å². The van der Waals surface area contributed by atoms with Gasteiger partial charge in [-0.2, -0.15) is 0 Å². The summed E-state index contributed by atoms with van der Waals surface area (Å²) in [4.78, 5) is 3.58. The van der Waals surface area contributed by atoms with Crippen molar-refractivity contribution < 1.29 is 18.3 Å². The molecule has 1 aromatic heterocycles. The number of rotatable bonds is 2. The highest BCUT2D eigenvalue weighted by Gasteiger charge is 2.47. The van der Waals surface area contributed by atoms with Crippen LogP contribution in [0.4, 0.5) is 8.78 Å². The number of alkyl halides is 2. The van der Waals surface area contributed by atoms with Crippen molar-refractivity contribution in [2.75, 3.05) is 0 Å². The molecule has 1 aromatic rings. The number of aryl methyl sites for hydroxylation is 1. The standard InChI is InChI=1S/C8H9F2NO2/c1-4-5(6(9)10)11-7(13-4)8(12)2-3-8/h6,12H,2-3H2,1H3. The van der Waals surface area contributed by atoms with Gasteiger partial charge in [-0.15, -0.1) is 0 Å². The summed E-state index contributed by atoms with van der Waals surface area (Å²) in [5, 5.41) is 9.52. The summed E-state index contributed by atoms with van der Waals surface area (Å²) in [5.74, 6) is 0.116. The summed E-state index contributed by atoms with van der Waals surface area (Å²) in [6.07, 6.45) is -1.56. The van der Waals surface area contributed by atoms with Crippen molar-refractivity contribution in [2.24, 2.45) is 0 Å². The van der Waals surface area contributed by atoms with E-state index in [1.165, 1.54) is 6.92 Å². The second kappa shape index (κ2) is 2.51. The fraction of sp³-hybridized carbons (Fsp3) is 0.625. The van der Waals surface area contributed by atoms with Crippen molar-refractivity contribution in [1.29, 1.82) is 0 Å². The van der Waals surface area contributed by atoms with Crippen molar-refractivity contribution in [2.45, 2.75) is 31.8 Å². The number of aliphatic hydroxyl groups is 1. The van der Waals surface area contributed by atoms with Crippen LogP contribution >= 0.6 is 0 Å². The Labute approximate surface area is 73.4 Å². The fourth-order valence-electron chi connectivity index (χ4n) is 1.14. The second-order valence-corrected chi connectivity index (χ2v) is 3.29. The van der Waals surface area contributed by atoms with E-state index < -0.39 is 12.0 Å². The van der Waals surface area contributed by atoms with Gasteiger partial charge in [-0.25, -0.2) is 13.8 Å². The zero-order chi connectivity index (χ0) is 9.64. The monoisotopic (exact) mass is 189 g/mol.